The van der Waals surface area contributed by atoms with E-state index in [-0.39, 0.29) is 64.5 Å². The van der Waals surface area contributed by atoms with E-state index in [4.69, 9.17) is 14.7 Å². The van der Waals surface area contributed by atoms with E-state index < -0.39 is 23.6 Å². The number of halogens is 4. The maximum absolute atomic E-state index is 15.2. The molecule has 0 atom stereocenters. The van der Waals surface area contributed by atoms with Crippen LogP contribution in [0.25, 0.3) is 39.3 Å². The number of hydrogen-bond acceptors (Lipinski definition) is 10. The number of fused-ring (bicyclic) bond motifs is 4. The lowest BCUT2D eigenvalue weighted by atomic mass is 9.94. The first-order valence-electron chi connectivity index (χ1n) is 21.6. The standard InChI is InChI=1S/C48H46F4N10O4/c1-28-41-44(57-42(56-28)36-22-33(66-48(50,51)52)11-13-40(36)65-5)62(31-14-18-58(19-15-31)27-47(2,3)4)46(64)61(41)32-10-12-38(55-24-32)45(63)59-20-16-34-35-7-6-17-54-43(35)60(39(34)26-59)25-30-9-8-29(23-53)21-37(30)49/h6-13,17,21-22,24,31H,14-16,18-20,25-27H2,1-5H3. The lowest BCUT2D eigenvalue weighted by molar-refractivity contribution is -0.274. The zero-order valence-electron chi connectivity index (χ0n) is 37.0. The van der Waals surface area contributed by atoms with Gasteiger partial charge in [0.05, 0.1) is 55.0 Å². The van der Waals surface area contributed by atoms with Crippen LogP contribution in [0.2, 0.25) is 0 Å². The highest BCUT2D eigenvalue weighted by Gasteiger charge is 2.34. The van der Waals surface area contributed by atoms with E-state index in [1.54, 1.807) is 46.9 Å². The van der Waals surface area contributed by atoms with Crippen LogP contribution in [0.1, 0.15) is 78.2 Å². The molecule has 0 radical (unpaired) electrons. The van der Waals surface area contributed by atoms with Gasteiger partial charge in [0.15, 0.2) is 11.5 Å². The summed E-state index contributed by atoms with van der Waals surface area (Å²) in [6.07, 6.45) is 0.0157. The number of benzene rings is 2. The highest BCUT2D eigenvalue weighted by atomic mass is 19.4. The molecule has 340 valence electrons. The van der Waals surface area contributed by atoms with Gasteiger partial charge in [-0.1, -0.05) is 26.8 Å². The number of hydrogen-bond donors (Lipinski definition) is 0. The van der Waals surface area contributed by atoms with Crippen LogP contribution in [-0.2, 0) is 19.5 Å². The van der Waals surface area contributed by atoms with Crippen molar-refractivity contribution in [3.05, 3.63) is 123 Å². The van der Waals surface area contributed by atoms with E-state index in [0.717, 1.165) is 48.4 Å². The van der Waals surface area contributed by atoms with Crippen LogP contribution in [0.5, 0.6) is 11.5 Å². The first-order chi connectivity index (χ1) is 31.5. The maximum Gasteiger partial charge on any atom is 0.573 e. The zero-order chi connectivity index (χ0) is 46.7. The number of carbonyl (C=O) groups excluding carboxylic acids is 1. The van der Waals surface area contributed by atoms with Crippen LogP contribution in [0.4, 0.5) is 17.6 Å². The first kappa shape index (κ1) is 44.1. The van der Waals surface area contributed by atoms with E-state index in [1.807, 2.05) is 22.8 Å². The summed E-state index contributed by atoms with van der Waals surface area (Å²) in [5, 5.41) is 10.2. The summed E-state index contributed by atoms with van der Waals surface area (Å²) in [6, 6.07) is 16.7. The fourth-order valence-corrected chi connectivity index (χ4v) is 9.36. The van der Waals surface area contributed by atoms with Crippen molar-refractivity contribution in [1.82, 2.24) is 43.4 Å². The van der Waals surface area contributed by atoms with Gasteiger partial charge in [-0.15, -0.1) is 13.2 Å². The topological polar surface area (TPSA) is 149 Å². The molecule has 18 heteroatoms. The van der Waals surface area contributed by atoms with Crippen LogP contribution in [0, 0.1) is 29.5 Å². The fraction of sp³-hybridized carbons (Fsp3) is 0.354. The molecule has 7 aromatic rings. The predicted octanol–water partition coefficient (Wildman–Crippen LogP) is 8.15. The third-order valence-electron chi connectivity index (χ3n) is 12.2. The van der Waals surface area contributed by atoms with Crippen LogP contribution in [0.15, 0.2) is 77.9 Å². The van der Waals surface area contributed by atoms with Crippen molar-refractivity contribution in [2.24, 2.45) is 5.41 Å². The average Bonchev–Trinajstić information content (AvgIpc) is 3.76. The Labute approximate surface area is 376 Å². The Morgan fingerprint density at radius 1 is 0.970 bits per heavy atom. The smallest absolute Gasteiger partial charge is 0.496 e. The van der Waals surface area contributed by atoms with Crippen molar-refractivity contribution in [3.8, 4) is 34.6 Å². The Hall–Kier alpha value is -7.13. The lowest BCUT2D eigenvalue weighted by Crippen LogP contribution is -2.41. The van der Waals surface area contributed by atoms with E-state index in [1.165, 1.54) is 30.0 Å². The Balaban J connectivity index is 1.06. The summed E-state index contributed by atoms with van der Waals surface area (Å²) in [4.78, 5) is 51.9. The Bertz CT molecular complexity index is 3120. The number of ether oxygens (including phenoxy) is 2. The maximum atomic E-state index is 15.2. The SMILES string of the molecule is COc1ccc(OC(F)(F)F)cc1-c1nc(C)c2c(n1)n(C1CCN(CC(C)(C)C)CC1)c(=O)n2-c1ccc(C(=O)N2CCc3c(n(Cc4ccc(C#N)cc4F)c4ncccc34)C2)nc1. The van der Waals surface area contributed by atoms with Gasteiger partial charge in [0.25, 0.3) is 5.91 Å². The van der Waals surface area contributed by atoms with Gasteiger partial charge in [-0.25, -0.2) is 29.1 Å². The van der Waals surface area contributed by atoms with Crippen molar-refractivity contribution in [2.75, 3.05) is 33.3 Å². The largest absolute Gasteiger partial charge is 0.573 e. The molecular weight excluding hydrogens is 857 g/mol. The Morgan fingerprint density at radius 2 is 1.76 bits per heavy atom. The molecule has 0 aliphatic carbocycles. The molecule has 7 heterocycles. The number of pyridine rings is 2. The molecule has 0 unspecified atom stereocenters. The van der Waals surface area contributed by atoms with E-state index in [0.29, 0.717) is 53.9 Å². The molecule has 2 aromatic carbocycles. The monoisotopic (exact) mass is 902 g/mol. The number of likely N-dealkylation sites (tertiary alicyclic amines) is 1. The number of methoxy groups -OCH3 is 1. The molecule has 2 aliphatic heterocycles. The van der Waals surface area contributed by atoms with E-state index >= 15 is 4.39 Å². The van der Waals surface area contributed by atoms with Crippen LogP contribution in [0.3, 0.4) is 0 Å². The molecule has 14 nitrogen and oxygen atoms in total. The molecule has 9 rings (SSSR count). The molecule has 0 spiro atoms. The molecule has 66 heavy (non-hydrogen) atoms. The Kier molecular flexibility index (Phi) is 11.4. The molecular formula is C48H46F4N10O4. The summed E-state index contributed by atoms with van der Waals surface area (Å²) in [6.45, 7) is 11.3. The van der Waals surface area contributed by atoms with Crippen molar-refractivity contribution in [1.29, 1.82) is 5.26 Å². The molecule has 0 bridgehead atoms. The predicted molar refractivity (Wildman–Crippen MR) is 237 cm³/mol. The highest BCUT2D eigenvalue weighted by molar-refractivity contribution is 5.93. The van der Waals surface area contributed by atoms with Gasteiger partial charge in [0.1, 0.15) is 34.2 Å². The molecule has 1 amide bonds. The van der Waals surface area contributed by atoms with Gasteiger partial charge in [0, 0.05) is 55.1 Å². The minimum atomic E-state index is -4.94. The van der Waals surface area contributed by atoms with Gasteiger partial charge >= 0.3 is 12.1 Å². The summed E-state index contributed by atoms with van der Waals surface area (Å²) >= 11 is 0. The number of rotatable bonds is 9. The number of aromatic nitrogens is 7. The third-order valence-corrected chi connectivity index (χ3v) is 12.2. The fourth-order valence-electron chi connectivity index (χ4n) is 9.36. The molecule has 1 saturated heterocycles. The van der Waals surface area contributed by atoms with E-state index in [2.05, 4.69) is 40.4 Å². The van der Waals surface area contributed by atoms with Gasteiger partial charge in [-0.2, -0.15) is 5.26 Å². The second kappa shape index (κ2) is 17.0. The first-order valence-corrected chi connectivity index (χ1v) is 21.6. The minimum absolute atomic E-state index is 0.0427. The van der Waals surface area contributed by atoms with Gasteiger partial charge in [-0.3, -0.25) is 13.9 Å². The zero-order valence-corrected chi connectivity index (χ0v) is 37.0. The van der Waals surface area contributed by atoms with Crippen LogP contribution in [-0.4, -0.2) is 89.0 Å². The number of nitrogens with zero attached hydrogens (tertiary/aromatic N) is 10. The van der Waals surface area contributed by atoms with Crippen molar-refractivity contribution >= 4 is 28.1 Å². The van der Waals surface area contributed by atoms with Crippen molar-refractivity contribution in [2.45, 2.75) is 72.5 Å². The minimum Gasteiger partial charge on any atom is -0.496 e. The van der Waals surface area contributed by atoms with Crippen molar-refractivity contribution in [3.63, 3.8) is 0 Å². The Morgan fingerprint density at radius 3 is 2.44 bits per heavy atom. The summed E-state index contributed by atoms with van der Waals surface area (Å²) < 4.78 is 69.9. The number of amides is 1. The van der Waals surface area contributed by atoms with Crippen molar-refractivity contribution < 1.29 is 31.8 Å². The van der Waals surface area contributed by atoms with Gasteiger partial charge < -0.3 is 23.8 Å². The number of piperidine rings is 1. The summed E-state index contributed by atoms with van der Waals surface area (Å²) in [5.41, 5.74) is 4.46. The second-order valence-corrected chi connectivity index (χ2v) is 18.0. The number of nitriles is 1. The molecule has 1 fully saturated rings. The number of carbonyl (C=O) groups is 1. The average molecular weight is 903 g/mol. The summed E-state index contributed by atoms with van der Waals surface area (Å²) in [7, 11) is 1.38. The van der Waals surface area contributed by atoms with Crippen LogP contribution >= 0.6 is 0 Å². The number of aryl methyl sites for hydroxylation is 1. The second-order valence-electron chi connectivity index (χ2n) is 18.0. The third kappa shape index (κ3) is 8.46. The molecule has 0 N–H and O–H groups in total. The number of imidazole rings is 1. The van der Waals surface area contributed by atoms with Crippen LogP contribution < -0.4 is 15.2 Å². The summed E-state index contributed by atoms with van der Waals surface area (Å²) in [5.74, 6) is -1.08. The van der Waals surface area contributed by atoms with Gasteiger partial charge in [0.2, 0.25) is 0 Å². The molecule has 5 aromatic heterocycles. The van der Waals surface area contributed by atoms with E-state index in [9.17, 15) is 28.0 Å². The molecule has 2 aliphatic rings. The molecule has 0 saturated carbocycles. The lowest BCUT2D eigenvalue weighted by Gasteiger charge is -2.36. The quantitative estimate of drug-likeness (QED) is 0.130. The van der Waals surface area contributed by atoms with Gasteiger partial charge in [-0.05, 0) is 91.8 Å². The highest BCUT2D eigenvalue weighted by Crippen LogP contribution is 2.37. The normalized spacial score (nSPS) is 15.0. The number of alkyl halides is 3.